The molecule has 0 spiro atoms. The summed E-state index contributed by atoms with van der Waals surface area (Å²) in [5.41, 5.74) is 2.69. The van der Waals surface area contributed by atoms with E-state index in [0.29, 0.717) is 11.4 Å². The highest BCUT2D eigenvalue weighted by Crippen LogP contribution is 2.17. The number of carbonyl (C=O) groups is 2. The lowest BCUT2D eigenvalue weighted by atomic mass is 10.1. The lowest BCUT2D eigenvalue weighted by molar-refractivity contribution is -0.149. The number of carbonyl (C=O) groups excluding carboxylic acids is 2. The van der Waals surface area contributed by atoms with Crippen LogP contribution in [0.4, 0.5) is 5.69 Å². The highest BCUT2D eigenvalue weighted by Gasteiger charge is 2.10. The monoisotopic (exact) mass is 391 g/mol. The molecule has 0 saturated carbocycles. The number of esters is 1. The zero-order chi connectivity index (χ0) is 17.5. The number of hydrogen-bond acceptors (Lipinski definition) is 4. The second kappa shape index (κ2) is 8.49. The summed E-state index contributed by atoms with van der Waals surface area (Å²) in [6, 6.07) is 12.8. The summed E-state index contributed by atoms with van der Waals surface area (Å²) in [7, 11) is 0. The third kappa shape index (κ3) is 5.70. The van der Waals surface area contributed by atoms with Gasteiger partial charge in [0.05, 0.1) is 0 Å². The first-order chi connectivity index (χ1) is 11.4. The van der Waals surface area contributed by atoms with Crippen LogP contribution in [-0.4, -0.2) is 25.1 Å². The fourth-order valence-electron chi connectivity index (χ4n) is 1.92. The summed E-state index contributed by atoms with van der Waals surface area (Å²) < 4.78 is 11.1. The summed E-state index contributed by atoms with van der Waals surface area (Å²) >= 11 is 3.31. The quantitative estimate of drug-likeness (QED) is 0.763. The van der Waals surface area contributed by atoms with E-state index in [1.54, 1.807) is 24.3 Å². The SMILES string of the molecule is Cc1ccc(C)c(NC(=O)COC(=O)COc2ccc(Br)cc2)c1. The molecule has 2 rings (SSSR count). The summed E-state index contributed by atoms with van der Waals surface area (Å²) in [6.45, 7) is 3.23. The van der Waals surface area contributed by atoms with Gasteiger partial charge in [0, 0.05) is 10.2 Å². The van der Waals surface area contributed by atoms with Gasteiger partial charge in [0.25, 0.3) is 5.91 Å². The predicted molar refractivity (Wildman–Crippen MR) is 95.1 cm³/mol. The Bertz CT molecular complexity index is 728. The standard InChI is InChI=1S/C18H18BrNO4/c1-12-3-4-13(2)16(9-12)20-17(21)10-24-18(22)11-23-15-7-5-14(19)6-8-15/h3-9H,10-11H2,1-2H3,(H,20,21). The van der Waals surface area contributed by atoms with Crippen LogP contribution in [0.2, 0.25) is 0 Å². The van der Waals surface area contributed by atoms with Crippen LogP contribution in [0.25, 0.3) is 0 Å². The van der Waals surface area contributed by atoms with Gasteiger partial charge >= 0.3 is 5.97 Å². The number of rotatable bonds is 6. The third-order valence-electron chi connectivity index (χ3n) is 3.20. The highest BCUT2D eigenvalue weighted by atomic mass is 79.9. The average Bonchev–Trinajstić information content (AvgIpc) is 2.56. The van der Waals surface area contributed by atoms with Gasteiger partial charge in [0.2, 0.25) is 0 Å². The second-order valence-electron chi connectivity index (χ2n) is 5.27. The van der Waals surface area contributed by atoms with Crippen molar-refractivity contribution in [3.8, 4) is 5.75 Å². The van der Waals surface area contributed by atoms with E-state index in [-0.39, 0.29) is 19.1 Å². The van der Waals surface area contributed by atoms with Crippen LogP contribution >= 0.6 is 15.9 Å². The molecule has 0 aliphatic heterocycles. The molecule has 0 saturated heterocycles. The Morgan fingerprint density at radius 3 is 2.46 bits per heavy atom. The van der Waals surface area contributed by atoms with Crippen LogP contribution in [0.1, 0.15) is 11.1 Å². The van der Waals surface area contributed by atoms with Crippen LogP contribution in [0.15, 0.2) is 46.9 Å². The van der Waals surface area contributed by atoms with Crippen LogP contribution in [0, 0.1) is 13.8 Å². The molecule has 6 heteroatoms. The number of aryl methyl sites for hydroxylation is 2. The van der Waals surface area contributed by atoms with Gasteiger partial charge in [-0.25, -0.2) is 4.79 Å². The Morgan fingerprint density at radius 1 is 1.04 bits per heavy atom. The summed E-state index contributed by atoms with van der Waals surface area (Å²) in [6.07, 6.45) is 0. The van der Waals surface area contributed by atoms with Gasteiger partial charge in [-0.05, 0) is 55.3 Å². The van der Waals surface area contributed by atoms with E-state index in [9.17, 15) is 9.59 Å². The third-order valence-corrected chi connectivity index (χ3v) is 3.73. The van der Waals surface area contributed by atoms with E-state index in [4.69, 9.17) is 9.47 Å². The molecule has 2 aromatic rings. The van der Waals surface area contributed by atoms with E-state index in [0.717, 1.165) is 15.6 Å². The van der Waals surface area contributed by atoms with E-state index < -0.39 is 5.97 Å². The van der Waals surface area contributed by atoms with Gasteiger partial charge in [-0.15, -0.1) is 0 Å². The van der Waals surface area contributed by atoms with Crippen LogP contribution in [0.5, 0.6) is 5.75 Å². The largest absolute Gasteiger partial charge is 0.482 e. The molecule has 1 amide bonds. The Labute approximate surface area is 149 Å². The lowest BCUT2D eigenvalue weighted by Gasteiger charge is -2.10. The molecular formula is C18H18BrNO4. The molecule has 2 aromatic carbocycles. The summed E-state index contributed by atoms with van der Waals surface area (Å²) in [5.74, 6) is -0.440. The van der Waals surface area contributed by atoms with Crippen LogP contribution < -0.4 is 10.1 Å². The molecule has 0 radical (unpaired) electrons. The van der Waals surface area contributed by atoms with Crippen LogP contribution in [0.3, 0.4) is 0 Å². The van der Waals surface area contributed by atoms with Gasteiger partial charge in [0.1, 0.15) is 5.75 Å². The lowest BCUT2D eigenvalue weighted by Crippen LogP contribution is -2.24. The van der Waals surface area contributed by atoms with Crippen molar-refractivity contribution in [2.45, 2.75) is 13.8 Å². The molecule has 0 unspecified atom stereocenters. The molecule has 0 heterocycles. The second-order valence-corrected chi connectivity index (χ2v) is 6.19. The van der Waals surface area contributed by atoms with Gasteiger partial charge in [0.15, 0.2) is 13.2 Å². The van der Waals surface area contributed by atoms with E-state index in [1.165, 1.54) is 0 Å². The molecular weight excluding hydrogens is 374 g/mol. The highest BCUT2D eigenvalue weighted by molar-refractivity contribution is 9.10. The molecule has 126 valence electrons. The molecule has 1 N–H and O–H groups in total. The maximum atomic E-state index is 11.9. The Balaban J connectivity index is 1.75. The average molecular weight is 392 g/mol. The van der Waals surface area contributed by atoms with Crippen LogP contribution in [-0.2, 0) is 14.3 Å². The maximum absolute atomic E-state index is 11.9. The summed E-state index contributed by atoms with van der Waals surface area (Å²) in [4.78, 5) is 23.5. The molecule has 0 aliphatic rings. The van der Waals surface area contributed by atoms with Gasteiger partial charge in [-0.2, -0.15) is 0 Å². The van der Waals surface area contributed by atoms with Crippen molar-refractivity contribution in [3.05, 3.63) is 58.1 Å². The minimum absolute atomic E-state index is 0.252. The first-order valence-electron chi connectivity index (χ1n) is 7.35. The number of anilines is 1. The first kappa shape index (κ1) is 18.0. The predicted octanol–water partition coefficient (Wildman–Crippen LogP) is 3.63. The molecule has 0 aromatic heterocycles. The minimum atomic E-state index is -0.603. The van der Waals surface area contributed by atoms with Crippen molar-refractivity contribution < 1.29 is 19.1 Å². The zero-order valence-electron chi connectivity index (χ0n) is 13.5. The molecule has 5 nitrogen and oxygen atoms in total. The van der Waals surface area contributed by atoms with Crippen molar-refractivity contribution in [2.75, 3.05) is 18.5 Å². The van der Waals surface area contributed by atoms with Gasteiger partial charge in [-0.3, -0.25) is 4.79 Å². The van der Waals surface area contributed by atoms with E-state index in [1.807, 2.05) is 32.0 Å². The van der Waals surface area contributed by atoms with E-state index in [2.05, 4.69) is 21.2 Å². The number of halogens is 1. The van der Waals surface area contributed by atoms with Gasteiger partial charge in [-0.1, -0.05) is 28.1 Å². The Hall–Kier alpha value is -2.34. The molecule has 0 atom stereocenters. The Morgan fingerprint density at radius 2 is 1.75 bits per heavy atom. The van der Waals surface area contributed by atoms with E-state index >= 15 is 0 Å². The zero-order valence-corrected chi connectivity index (χ0v) is 15.1. The van der Waals surface area contributed by atoms with Gasteiger partial charge < -0.3 is 14.8 Å². The molecule has 0 bridgehead atoms. The summed E-state index contributed by atoms with van der Waals surface area (Å²) in [5, 5.41) is 2.72. The van der Waals surface area contributed by atoms with Crippen molar-refractivity contribution in [1.82, 2.24) is 0 Å². The number of ether oxygens (including phenoxy) is 2. The fourth-order valence-corrected chi connectivity index (χ4v) is 2.18. The number of amides is 1. The number of benzene rings is 2. The molecule has 0 fully saturated rings. The Kier molecular flexibility index (Phi) is 6.37. The normalized spacial score (nSPS) is 10.1. The topological polar surface area (TPSA) is 64.6 Å². The van der Waals surface area contributed by atoms with Crippen molar-refractivity contribution in [3.63, 3.8) is 0 Å². The maximum Gasteiger partial charge on any atom is 0.344 e. The molecule has 0 aliphatic carbocycles. The molecule has 24 heavy (non-hydrogen) atoms. The number of hydrogen-bond donors (Lipinski definition) is 1. The van der Waals surface area contributed by atoms with Crippen molar-refractivity contribution >= 4 is 33.5 Å². The smallest absolute Gasteiger partial charge is 0.344 e. The van der Waals surface area contributed by atoms with Crippen molar-refractivity contribution in [2.24, 2.45) is 0 Å². The number of nitrogens with one attached hydrogen (secondary N) is 1. The fraction of sp³-hybridized carbons (Fsp3) is 0.222. The first-order valence-corrected chi connectivity index (χ1v) is 8.14. The minimum Gasteiger partial charge on any atom is -0.482 e. The van der Waals surface area contributed by atoms with Crippen molar-refractivity contribution in [1.29, 1.82) is 0 Å².